The molecule has 0 N–H and O–H groups in total. The number of rotatable bonds is 10. The number of aryl methyl sites for hydroxylation is 1. The van der Waals surface area contributed by atoms with Gasteiger partial charge in [0.05, 0.1) is 13.0 Å². The van der Waals surface area contributed by atoms with E-state index in [9.17, 15) is 9.59 Å². The molecule has 1 aliphatic heterocycles. The van der Waals surface area contributed by atoms with Crippen molar-refractivity contribution >= 4 is 11.9 Å². The van der Waals surface area contributed by atoms with E-state index in [1.54, 1.807) is 11.8 Å². The molecule has 0 spiro atoms. The van der Waals surface area contributed by atoms with E-state index < -0.39 is 0 Å². The number of amides is 1. The highest BCUT2D eigenvalue weighted by molar-refractivity contribution is 5.77. The molecule has 2 heterocycles. The lowest BCUT2D eigenvalue weighted by Gasteiger charge is -2.30. The quantitative estimate of drug-likeness (QED) is 0.550. The van der Waals surface area contributed by atoms with Crippen LogP contribution in [0.1, 0.15) is 72.0 Å². The Kier molecular flexibility index (Phi) is 8.61. The number of carbonyl (C=O) groups excluding carboxylic acids is 2. The molecule has 1 aliphatic rings. The molecule has 1 amide bonds. The maximum atomic E-state index is 12.9. The lowest BCUT2D eigenvalue weighted by molar-refractivity contribution is -0.144. The number of ether oxygens (including phenoxy) is 1. The van der Waals surface area contributed by atoms with Crippen LogP contribution in [0.4, 0.5) is 0 Å². The topological polar surface area (TPSA) is 88.8 Å². The highest BCUT2D eigenvalue weighted by Crippen LogP contribution is 2.20. The summed E-state index contributed by atoms with van der Waals surface area (Å²) in [5.41, 5.74) is -0.191. The molecule has 29 heavy (non-hydrogen) atoms. The number of carbonyl (C=O) groups is 2. The van der Waals surface area contributed by atoms with E-state index in [1.165, 1.54) is 0 Å². The van der Waals surface area contributed by atoms with Gasteiger partial charge in [0.1, 0.15) is 0 Å². The van der Waals surface area contributed by atoms with E-state index in [2.05, 4.69) is 22.0 Å². The van der Waals surface area contributed by atoms with Crippen molar-refractivity contribution in [2.75, 3.05) is 32.8 Å². The van der Waals surface area contributed by atoms with Gasteiger partial charge in [0.2, 0.25) is 11.8 Å². The first-order valence-electron chi connectivity index (χ1n) is 10.7. The third-order valence-corrected chi connectivity index (χ3v) is 5.27. The maximum Gasteiger partial charge on any atom is 0.307 e. The largest absolute Gasteiger partial charge is 0.466 e. The molecule has 0 aromatic carbocycles. The Balaban J connectivity index is 1.97. The average molecular weight is 409 g/mol. The van der Waals surface area contributed by atoms with Crippen molar-refractivity contribution in [3.8, 4) is 0 Å². The number of likely N-dealkylation sites (tertiary alicyclic amines) is 1. The van der Waals surface area contributed by atoms with Gasteiger partial charge in [0.15, 0.2) is 5.82 Å². The summed E-state index contributed by atoms with van der Waals surface area (Å²) in [5.74, 6) is 0.858. The van der Waals surface area contributed by atoms with Crippen molar-refractivity contribution in [3.05, 3.63) is 11.7 Å². The fraction of sp³-hybridized carbons (Fsp3) is 0.810. The third kappa shape index (κ3) is 7.10. The molecule has 1 fully saturated rings. The van der Waals surface area contributed by atoms with E-state index in [4.69, 9.17) is 9.26 Å². The Morgan fingerprint density at radius 2 is 2.03 bits per heavy atom. The Labute approximate surface area is 174 Å². The van der Waals surface area contributed by atoms with Crippen LogP contribution in [-0.2, 0) is 26.2 Å². The van der Waals surface area contributed by atoms with Crippen LogP contribution in [0.25, 0.3) is 0 Å². The molecule has 1 atom stereocenters. The summed E-state index contributed by atoms with van der Waals surface area (Å²) in [6, 6.07) is 0.349. The van der Waals surface area contributed by atoms with Gasteiger partial charge in [-0.05, 0) is 32.9 Å². The van der Waals surface area contributed by atoms with Gasteiger partial charge in [-0.3, -0.25) is 14.5 Å². The van der Waals surface area contributed by atoms with Gasteiger partial charge in [-0.15, -0.1) is 0 Å². The molecule has 164 valence electrons. The average Bonchev–Trinajstić information content (AvgIpc) is 3.32. The van der Waals surface area contributed by atoms with Crippen LogP contribution in [0.15, 0.2) is 4.52 Å². The van der Waals surface area contributed by atoms with Crippen LogP contribution < -0.4 is 0 Å². The van der Waals surface area contributed by atoms with Gasteiger partial charge < -0.3 is 14.2 Å². The number of esters is 1. The molecule has 0 radical (unpaired) electrons. The van der Waals surface area contributed by atoms with Crippen molar-refractivity contribution in [1.82, 2.24) is 19.9 Å². The minimum absolute atomic E-state index is 0.00719. The summed E-state index contributed by atoms with van der Waals surface area (Å²) in [5, 5.41) is 4.02. The zero-order valence-electron chi connectivity index (χ0n) is 18.6. The van der Waals surface area contributed by atoms with Crippen molar-refractivity contribution in [1.29, 1.82) is 0 Å². The zero-order chi connectivity index (χ0) is 21.4. The Morgan fingerprint density at radius 3 is 2.66 bits per heavy atom. The predicted octanol–water partition coefficient (Wildman–Crippen LogP) is 2.57. The van der Waals surface area contributed by atoms with Crippen molar-refractivity contribution in [2.24, 2.45) is 0 Å². The second-order valence-corrected chi connectivity index (χ2v) is 8.58. The highest BCUT2D eigenvalue weighted by atomic mass is 16.5. The molecular formula is C21H36N4O4. The molecule has 0 saturated carbocycles. The van der Waals surface area contributed by atoms with Crippen LogP contribution in [-0.4, -0.2) is 70.6 Å². The molecule has 8 heteroatoms. The number of hydrogen-bond donors (Lipinski definition) is 0. The lowest BCUT2D eigenvalue weighted by Crippen LogP contribution is -2.44. The van der Waals surface area contributed by atoms with E-state index in [-0.39, 0.29) is 30.1 Å². The van der Waals surface area contributed by atoms with E-state index in [1.807, 2.05) is 20.8 Å². The Morgan fingerprint density at radius 1 is 1.28 bits per heavy atom. The van der Waals surface area contributed by atoms with Crippen LogP contribution in [0.5, 0.6) is 0 Å². The Bertz CT molecular complexity index is 668. The summed E-state index contributed by atoms with van der Waals surface area (Å²) in [6.07, 6.45) is 3.13. The summed E-state index contributed by atoms with van der Waals surface area (Å²) in [6.45, 7) is 13.4. The number of aromatic nitrogens is 2. The highest BCUT2D eigenvalue weighted by Gasteiger charge is 2.28. The Hall–Kier alpha value is -1.96. The van der Waals surface area contributed by atoms with E-state index in [0.29, 0.717) is 43.9 Å². The van der Waals surface area contributed by atoms with Crippen molar-refractivity contribution in [3.63, 3.8) is 0 Å². The third-order valence-electron chi connectivity index (χ3n) is 5.27. The molecule has 1 saturated heterocycles. The molecular weight excluding hydrogens is 372 g/mol. The SMILES string of the molecule is CCOC(=O)CCN(CC1CCCN1CC)C(=O)CCc1nc(C(C)(C)C)no1. The standard InChI is InChI=1S/C21H36N4O4/c1-6-24-13-8-9-16(24)15-25(14-12-19(27)28-7-2)18(26)11-10-17-22-20(23-29-17)21(3,4)5/h16H,6-15H2,1-5H3. The summed E-state index contributed by atoms with van der Waals surface area (Å²) in [4.78, 5) is 33.4. The normalized spacial score (nSPS) is 17.5. The van der Waals surface area contributed by atoms with Crippen LogP contribution >= 0.6 is 0 Å². The minimum Gasteiger partial charge on any atom is -0.466 e. The summed E-state index contributed by atoms with van der Waals surface area (Å²) < 4.78 is 10.3. The van der Waals surface area contributed by atoms with Crippen LogP contribution in [0.3, 0.4) is 0 Å². The molecule has 2 rings (SSSR count). The minimum atomic E-state index is -0.268. The summed E-state index contributed by atoms with van der Waals surface area (Å²) in [7, 11) is 0. The lowest BCUT2D eigenvalue weighted by atomic mass is 9.96. The second-order valence-electron chi connectivity index (χ2n) is 8.58. The van der Waals surface area contributed by atoms with Gasteiger partial charge in [-0.25, -0.2) is 0 Å². The van der Waals surface area contributed by atoms with Crippen LogP contribution in [0.2, 0.25) is 0 Å². The predicted molar refractivity (Wildman–Crippen MR) is 109 cm³/mol. The second kappa shape index (κ2) is 10.7. The zero-order valence-corrected chi connectivity index (χ0v) is 18.6. The first kappa shape index (κ1) is 23.3. The van der Waals surface area contributed by atoms with E-state index in [0.717, 1.165) is 25.9 Å². The summed E-state index contributed by atoms with van der Waals surface area (Å²) >= 11 is 0. The fourth-order valence-corrected chi connectivity index (χ4v) is 3.58. The van der Waals surface area contributed by atoms with Gasteiger partial charge in [0.25, 0.3) is 0 Å². The van der Waals surface area contributed by atoms with Crippen molar-refractivity contribution < 1.29 is 18.8 Å². The molecule has 1 aromatic rings. The smallest absolute Gasteiger partial charge is 0.307 e. The first-order valence-corrected chi connectivity index (χ1v) is 10.7. The molecule has 1 unspecified atom stereocenters. The monoisotopic (exact) mass is 408 g/mol. The first-order chi connectivity index (χ1) is 13.7. The van der Waals surface area contributed by atoms with Gasteiger partial charge in [0, 0.05) is 37.4 Å². The molecule has 0 bridgehead atoms. The number of nitrogens with zero attached hydrogens (tertiary/aromatic N) is 4. The maximum absolute atomic E-state index is 12.9. The number of hydrogen-bond acceptors (Lipinski definition) is 7. The van der Waals surface area contributed by atoms with Gasteiger partial charge >= 0.3 is 5.97 Å². The number of likely N-dealkylation sites (N-methyl/N-ethyl adjacent to an activating group) is 1. The molecule has 1 aromatic heterocycles. The fourth-order valence-electron chi connectivity index (χ4n) is 3.58. The van der Waals surface area contributed by atoms with Crippen molar-refractivity contribution in [2.45, 2.75) is 78.2 Å². The molecule has 8 nitrogen and oxygen atoms in total. The van der Waals surface area contributed by atoms with Gasteiger partial charge in [-0.2, -0.15) is 4.98 Å². The van der Waals surface area contributed by atoms with Crippen LogP contribution in [0, 0.1) is 0 Å². The molecule has 0 aliphatic carbocycles. The van der Waals surface area contributed by atoms with E-state index >= 15 is 0 Å². The van der Waals surface area contributed by atoms with Gasteiger partial charge in [-0.1, -0.05) is 32.9 Å².